The maximum Gasteiger partial charge on any atom is 0.243 e. The summed E-state index contributed by atoms with van der Waals surface area (Å²) in [7, 11) is 1.65. The van der Waals surface area contributed by atoms with E-state index in [4.69, 9.17) is 0 Å². The van der Waals surface area contributed by atoms with E-state index in [0.29, 0.717) is 0 Å². The van der Waals surface area contributed by atoms with Crippen molar-refractivity contribution < 1.29 is 14.0 Å². The zero-order valence-corrected chi connectivity index (χ0v) is 15.3. The van der Waals surface area contributed by atoms with Gasteiger partial charge in [0.25, 0.3) is 0 Å². The van der Waals surface area contributed by atoms with E-state index in [1.807, 2.05) is 32.0 Å². The number of carbonyl (C=O) groups is 2. The lowest BCUT2D eigenvalue weighted by molar-refractivity contribution is -0.134. The standard InChI is InChI=1S/C21H23FN2O2/c1-13-5-4-6-14(2)20(13)23-19(25)12-24(3)21(26)18-11-17(18)15-7-9-16(22)10-8-15/h4-10,17-18H,11-12H2,1-3H3,(H,23,25). The molecule has 136 valence electrons. The van der Waals surface area contributed by atoms with Gasteiger partial charge in [0.05, 0.1) is 6.54 Å². The first-order valence-corrected chi connectivity index (χ1v) is 8.73. The quantitative estimate of drug-likeness (QED) is 0.891. The third kappa shape index (κ3) is 3.93. The molecule has 0 aromatic heterocycles. The summed E-state index contributed by atoms with van der Waals surface area (Å²) in [6, 6.07) is 12.1. The van der Waals surface area contributed by atoms with Gasteiger partial charge in [-0.05, 0) is 55.0 Å². The molecule has 2 aromatic rings. The van der Waals surface area contributed by atoms with Crippen LogP contribution in [0.4, 0.5) is 10.1 Å². The van der Waals surface area contributed by atoms with Crippen molar-refractivity contribution in [2.45, 2.75) is 26.2 Å². The van der Waals surface area contributed by atoms with E-state index < -0.39 is 0 Å². The molecule has 2 unspecified atom stereocenters. The van der Waals surface area contributed by atoms with Gasteiger partial charge in [0, 0.05) is 18.7 Å². The van der Waals surface area contributed by atoms with Gasteiger partial charge < -0.3 is 10.2 Å². The summed E-state index contributed by atoms with van der Waals surface area (Å²) in [6.45, 7) is 3.89. The third-order valence-corrected chi connectivity index (χ3v) is 4.91. The van der Waals surface area contributed by atoms with Crippen LogP contribution in [0.1, 0.15) is 29.0 Å². The van der Waals surface area contributed by atoms with Crippen LogP contribution in [-0.4, -0.2) is 30.3 Å². The van der Waals surface area contributed by atoms with Gasteiger partial charge in [0.1, 0.15) is 5.82 Å². The van der Waals surface area contributed by atoms with Crippen molar-refractivity contribution >= 4 is 17.5 Å². The fourth-order valence-electron chi connectivity index (χ4n) is 3.31. The highest BCUT2D eigenvalue weighted by Gasteiger charge is 2.45. The molecule has 26 heavy (non-hydrogen) atoms. The first-order chi connectivity index (χ1) is 12.4. The van der Waals surface area contributed by atoms with E-state index >= 15 is 0 Å². The molecule has 2 atom stereocenters. The minimum Gasteiger partial charge on any atom is -0.336 e. The lowest BCUT2D eigenvalue weighted by atomic mass is 10.1. The number of rotatable bonds is 5. The lowest BCUT2D eigenvalue weighted by Gasteiger charge is -2.18. The molecule has 0 saturated heterocycles. The normalized spacial score (nSPS) is 18.3. The predicted molar refractivity (Wildman–Crippen MR) is 99.4 cm³/mol. The number of hydrogen-bond donors (Lipinski definition) is 1. The van der Waals surface area contributed by atoms with Gasteiger partial charge in [-0.1, -0.05) is 30.3 Å². The number of halogens is 1. The first kappa shape index (κ1) is 18.1. The second kappa shape index (κ2) is 7.28. The van der Waals surface area contributed by atoms with Crippen LogP contribution in [0.15, 0.2) is 42.5 Å². The summed E-state index contributed by atoms with van der Waals surface area (Å²) in [4.78, 5) is 26.3. The van der Waals surface area contributed by atoms with Crippen molar-refractivity contribution in [3.05, 3.63) is 65.0 Å². The van der Waals surface area contributed by atoms with Gasteiger partial charge in [-0.15, -0.1) is 0 Å². The molecule has 0 spiro atoms. The summed E-state index contributed by atoms with van der Waals surface area (Å²) in [6.07, 6.45) is 0.743. The average molecular weight is 354 g/mol. The van der Waals surface area contributed by atoms with Crippen molar-refractivity contribution in [3.8, 4) is 0 Å². The van der Waals surface area contributed by atoms with Gasteiger partial charge in [-0.25, -0.2) is 4.39 Å². The summed E-state index contributed by atoms with van der Waals surface area (Å²) >= 11 is 0. The largest absolute Gasteiger partial charge is 0.336 e. The predicted octanol–water partition coefficient (Wildman–Crippen LogP) is 3.64. The van der Waals surface area contributed by atoms with Crippen LogP contribution in [0.25, 0.3) is 0 Å². The highest BCUT2D eigenvalue weighted by atomic mass is 19.1. The van der Waals surface area contributed by atoms with Crippen LogP contribution >= 0.6 is 0 Å². The first-order valence-electron chi connectivity index (χ1n) is 8.73. The molecule has 1 aliphatic carbocycles. The van der Waals surface area contributed by atoms with Crippen LogP contribution in [-0.2, 0) is 9.59 Å². The smallest absolute Gasteiger partial charge is 0.243 e. The Hall–Kier alpha value is -2.69. The molecular weight excluding hydrogens is 331 g/mol. The highest BCUT2D eigenvalue weighted by Crippen LogP contribution is 2.48. The zero-order valence-electron chi connectivity index (χ0n) is 15.3. The van der Waals surface area contributed by atoms with Crippen molar-refractivity contribution in [1.82, 2.24) is 4.90 Å². The van der Waals surface area contributed by atoms with Crippen molar-refractivity contribution in [3.63, 3.8) is 0 Å². The Morgan fingerprint density at radius 3 is 2.35 bits per heavy atom. The Bertz CT molecular complexity index is 812. The number of benzene rings is 2. The topological polar surface area (TPSA) is 49.4 Å². The van der Waals surface area contributed by atoms with Crippen molar-refractivity contribution in [1.29, 1.82) is 0 Å². The minimum absolute atomic E-state index is 0.0131. The number of nitrogens with one attached hydrogen (secondary N) is 1. The Kier molecular flexibility index (Phi) is 5.07. The SMILES string of the molecule is Cc1cccc(C)c1NC(=O)CN(C)C(=O)C1CC1c1ccc(F)cc1. The number of nitrogens with zero attached hydrogens (tertiary/aromatic N) is 1. The molecule has 3 rings (SSSR count). The van der Waals surface area contributed by atoms with E-state index in [1.54, 1.807) is 19.2 Å². The fraction of sp³-hybridized carbons (Fsp3) is 0.333. The number of likely N-dealkylation sites (N-methyl/N-ethyl adjacent to an activating group) is 1. The van der Waals surface area contributed by atoms with E-state index in [2.05, 4.69) is 5.32 Å². The van der Waals surface area contributed by atoms with Crippen LogP contribution in [0.3, 0.4) is 0 Å². The minimum atomic E-state index is -0.280. The molecule has 1 saturated carbocycles. The van der Waals surface area contributed by atoms with E-state index in [-0.39, 0.29) is 36.0 Å². The van der Waals surface area contributed by atoms with Gasteiger partial charge in [-0.3, -0.25) is 9.59 Å². The second-order valence-corrected chi connectivity index (χ2v) is 7.01. The van der Waals surface area contributed by atoms with Gasteiger partial charge >= 0.3 is 0 Å². The van der Waals surface area contributed by atoms with Crippen LogP contribution < -0.4 is 5.32 Å². The third-order valence-electron chi connectivity index (χ3n) is 4.91. The number of anilines is 1. The van der Waals surface area contributed by atoms with Gasteiger partial charge in [0.15, 0.2) is 0 Å². The molecule has 0 aliphatic heterocycles. The highest BCUT2D eigenvalue weighted by molar-refractivity contribution is 5.96. The van der Waals surface area contributed by atoms with Crippen molar-refractivity contribution in [2.24, 2.45) is 5.92 Å². The maximum atomic E-state index is 13.0. The Morgan fingerprint density at radius 2 is 1.73 bits per heavy atom. The summed E-state index contributed by atoms with van der Waals surface area (Å²) < 4.78 is 13.0. The molecule has 4 nitrogen and oxygen atoms in total. The molecule has 0 bridgehead atoms. The molecule has 0 radical (unpaired) electrons. The fourth-order valence-corrected chi connectivity index (χ4v) is 3.31. The molecule has 2 aromatic carbocycles. The number of hydrogen-bond acceptors (Lipinski definition) is 2. The number of amides is 2. The molecule has 1 fully saturated rings. The lowest BCUT2D eigenvalue weighted by Crippen LogP contribution is -2.36. The summed E-state index contributed by atoms with van der Waals surface area (Å²) in [5.74, 6) is -0.545. The van der Waals surface area contributed by atoms with Crippen LogP contribution in [0, 0.1) is 25.6 Å². The monoisotopic (exact) mass is 354 g/mol. The van der Waals surface area contributed by atoms with Crippen LogP contribution in [0.2, 0.25) is 0 Å². The molecule has 5 heteroatoms. The second-order valence-electron chi connectivity index (χ2n) is 7.01. The Labute approximate surface area is 153 Å². The molecule has 1 N–H and O–H groups in total. The van der Waals surface area contributed by atoms with Crippen LogP contribution in [0.5, 0.6) is 0 Å². The number of para-hydroxylation sites is 1. The average Bonchev–Trinajstić information content (AvgIpc) is 3.39. The van der Waals surface area contributed by atoms with Gasteiger partial charge in [0.2, 0.25) is 11.8 Å². The summed E-state index contributed by atoms with van der Waals surface area (Å²) in [5, 5.41) is 2.90. The van der Waals surface area contributed by atoms with E-state index in [0.717, 1.165) is 28.8 Å². The van der Waals surface area contributed by atoms with E-state index in [1.165, 1.54) is 17.0 Å². The van der Waals surface area contributed by atoms with Crippen molar-refractivity contribution in [2.75, 3.05) is 18.9 Å². The van der Waals surface area contributed by atoms with Gasteiger partial charge in [-0.2, -0.15) is 0 Å². The number of carbonyl (C=O) groups excluding carboxylic acids is 2. The number of aryl methyl sites for hydroxylation is 2. The zero-order chi connectivity index (χ0) is 18.8. The summed E-state index contributed by atoms with van der Waals surface area (Å²) in [5.41, 5.74) is 3.75. The molecule has 0 heterocycles. The molecular formula is C21H23FN2O2. The Morgan fingerprint density at radius 1 is 1.12 bits per heavy atom. The Balaban J connectivity index is 1.56. The molecule has 1 aliphatic rings. The maximum absolute atomic E-state index is 13.0. The molecule has 2 amide bonds. The van der Waals surface area contributed by atoms with E-state index in [9.17, 15) is 14.0 Å².